The molecule has 0 aliphatic heterocycles. The summed E-state index contributed by atoms with van der Waals surface area (Å²) >= 11 is 0. The molecule has 2 aromatic heterocycles. The molecule has 1 saturated carbocycles. The first kappa shape index (κ1) is 24.6. The number of unbranched alkanes of at least 4 members (excludes halogenated alkanes) is 1. The van der Waals surface area contributed by atoms with Gasteiger partial charge >= 0.3 is 0 Å². The Kier molecular flexibility index (Phi) is 8.23. The van der Waals surface area contributed by atoms with E-state index >= 15 is 0 Å². The van der Waals surface area contributed by atoms with Crippen LogP contribution in [0, 0.1) is 5.82 Å². The number of furan rings is 1. The van der Waals surface area contributed by atoms with Crippen molar-refractivity contribution in [1.29, 1.82) is 0 Å². The number of hydrogen-bond donors (Lipinski definition) is 1. The lowest BCUT2D eigenvalue weighted by Gasteiger charge is -2.31. The average molecular weight is 483 g/mol. The number of hydrogen-bond acceptors (Lipinski definition) is 6. The molecule has 1 atom stereocenters. The molecule has 1 aliphatic rings. The summed E-state index contributed by atoms with van der Waals surface area (Å²) in [6.07, 6.45) is 7.95. The van der Waals surface area contributed by atoms with Gasteiger partial charge in [0.15, 0.2) is 0 Å². The third-order valence-electron chi connectivity index (χ3n) is 6.27. The minimum Gasteiger partial charge on any atom is -0.467 e. The van der Waals surface area contributed by atoms with Crippen LogP contribution in [0.25, 0.3) is 11.4 Å². The fourth-order valence-electron chi connectivity index (χ4n) is 4.37. The molecule has 0 bridgehead atoms. The molecule has 1 aromatic carbocycles. The smallest absolute Gasteiger partial charge is 0.247 e. The first-order valence-electron chi connectivity index (χ1n) is 12.2. The summed E-state index contributed by atoms with van der Waals surface area (Å²) in [6.45, 7) is 2.03. The first-order chi connectivity index (χ1) is 17.0. The van der Waals surface area contributed by atoms with E-state index < -0.39 is 6.04 Å². The highest BCUT2D eigenvalue weighted by atomic mass is 19.1. The second-order valence-electron chi connectivity index (χ2n) is 8.90. The standard InChI is InChI=1S/C25H31FN6O3/c1-2-3-10-22(25(34)27-20-7-4-5-8-20)31(16-21-9-6-15-35-21)23(33)17-32-29-24(28-30-32)18-11-13-19(26)14-12-18/h6,9,11-15,20,22H,2-5,7-8,10,16-17H2,1H3,(H,27,34)/t22-/m0/s1. The maximum Gasteiger partial charge on any atom is 0.247 e. The Labute approximate surface area is 203 Å². The zero-order valence-electron chi connectivity index (χ0n) is 19.9. The molecule has 10 heteroatoms. The van der Waals surface area contributed by atoms with E-state index in [1.807, 2.05) is 0 Å². The molecule has 186 valence electrons. The van der Waals surface area contributed by atoms with Gasteiger partial charge in [-0.2, -0.15) is 4.80 Å². The van der Waals surface area contributed by atoms with Crippen molar-refractivity contribution in [2.24, 2.45) is 0 Å². The van der Waals surface area contributed by atoms with E-state index in [4.69, 9.17) is 4.42 Å². The van der Waals surface area contributed by atoms with Gasteiger partial charge in [-0.05, 0) is 60.9 Å². The average Bonchev–Trinajstić information content (AvgIpc) is 3.63. The van der Waals surface area contributed by atoms with Crippen LogP contribution in [-0.4, -0.2) is 49.0 Å². The van der Waals surface area contributed by atoms with E-state index in [1.165, 1.54) is 16.9 Å². The predicted molar refractivity (Wildman–Crippen MR) is 126 cm³/mol. The van der Waals surface area contributed by atoms with Gasteiger partial charge in [-0.15, -0.1) is 10.2 Å². The van der Waals surface area contributed by atoms with Crippen LogP contribution in [0.4, 0.5) is 4.39 Å². The summed E-state index contributed by atoms with van der Waals surface area (Å²) in [6, 6.07) is 8.79. The molecular formula is C25H31FN6O3. The number of aromatic nitrogens is 4. The van der Waals surface area contributed by atoms with Crippen molar-refractivity contribution in [3.63, 3.8) is 0 Å². The van der Waals surface area contributed by atoms with Crippen LogP contribution in [0.5, 0.6) is 0 Å². The second-order valence-corrected chi connectivity index (χ2v) is 8.90. The van der Waals surface area contributed by atoms with Gasteiger partial charge in [0.1, 0.15) is 24.2 Å². The van der Waals surface area contributed by atoms with Crippen LogP contribution in [0.2, 0.25) is 0 Å². The number of rotatable bonds is 11. The Bertz CT molecular complexity index is 1090. The van der Waals surface area contributed by atoms with Crippen molar-refractivity contribution >= 4 is 11.8 Å². The molecule has 0 saturated heterocycles. The van der Waals surface area contributed by atoms with E-state index in [0.29, 0.717) is 17.7 Å². The summed E-state index contributed by atoms with van der Waals surface area (Å²) in [4.78, 5) is 29.6. The lowest BCUT2D eigenvalue weighted by molar-refractivity contribution is -0.143. The summed E-state index contributed by atoms with van der Waals surface area (Å²) in [5.41, 5.74) is 0.592. The number of benzene rings is 1. The highest BCUT2D eigenvalue weighted by Gasteiger charge is 2.32. The monoisotopic (exact) mass is 482 g/mol. The zero-order valence-corrected chi connectivity index (χ0v) is 19.9. The molecule has 3 aromatic rings. The van der Waals surface area contributed by atoms with Crippen LogP contribution in [-0.2, 0) is 22.7 Å². The largest absolute Gasteiger partial charge is 0.467 e. The maximum atomic E-state index is 13.5. The van der Waals surface area contributed by atoms with Gasteiger partial charge in [0.05, 0.1) is 12.8 Å². The fourth-order valence-corrected chi connectivity index (χ4v) is 4.37. The quantitative estimate of drug-likeness (QED) is 0.447. The maximum absolute atomic E-state index is 13.5. The van der Waals surface area contributed by atoms with Crippen LogP contribution in [0.1, 0.15) is 57.6 Å². The van der Waals surface area contributed by atoms with Crippen LogP contribution in [0.3, 0.4) is 0 Å². The molecule has 35 heavy (non-hydrogen) atoms. The fraction of sp³-hybridized carbons (Fsp3) is 0.480. The Hall–Kier alpha value is -3.56. The van der Waals surface area contributed by atoms with Gasteiger partial charge in [-0.1, -0.05) is 32.6 Å². The van der Waals surface area contributed by atoms with E-state index in [1.54, 1.807) is 35.4 Å². The number of carbonyl (C=O) groups excluding carboxylic acids is 2. The van der Waals surface area contributed by atoms with Gasteiger partial charge in [0, 0.05) is 11.6 Å². The Morgan fingerprint density at radius 3 is 2.69 bits per heavy atom. The molecule has 0 spiro atoms. The predicted octanol–water partition coefficient (Wildman–Crippen LogP) is 3.72. The summed E-state index contributed by atoms with van der Waals surface area (Å²) < 4.78 is 18.7. The minimum atomic E-state index is -0.631. The third kappa shape index (κ3) is 6.52. The number of amides is 2. The van der Waals surface area contributed by atoms with Crippen LogP contribution >= 0.6 is 0 Å². The molecule has 2 heterocycles. The Balaban J connectivity index is 1.53. The van der Waals surface area contributed by atoms with E-state index in [0.717, 1.165) is 38.5 Å². The highest BCUT2D eigenvalue weighted by Crippen LogP contribution is 2.21. The molecule has 4 rings (SSSR count). The number of carbonyl (C=O) groups is 2. The second kappa shape index (κ2) is 11.7. The van der Waals surface area contributed by atoms with Crippen molar-refractivity contribution in [2.75, 3.05) is 0 Å². The number of tetrazole rings is 1. The summed E-state index contributed by atoms with van der Waals surface area (Å²) in [5, 5.41) is 15.4. The third-order valence-corrected chi connectivity index (χ3v) is 6.27. The summed E-state index contributed by atoms with van der Waals surface area (Å²) in [5.74, 6) is 0.0683. The molecule has 9 nitrogen and oxygen atoms in total. The van der Waals surface area contributed by atoms with Gasteiger partial charge in [-0.3, -0.25) is 9.59 Å². The van der Waals surface area contributed by atoms with Gasteiger partial charge in [0.25, 0.3) is 0 Å². The molecule has 0 radical (unpaired) electrons. The highest BCUT2D eigenvalue weighted by molar-refractivity contribution is 5.87. The normalized spacial score (nSPS) is 14.7. The van der Waals surface area contributed by atoms with E-state index in [-0.39, 0.29) is 42.6 Å². The number of halogens is 1. The Morgan fingerprint density at radius 2 is 2.00 bits per heavy atom. The van der Waals surface area contributed by atoms with Gasteiger partial charge in [-0.25, -0.2) is 4.39 Å². The van der Waals surface area contributed by atoms with E-state index in [2.05, 4.69) is 27.7 Å². The Morgan fingerprint density at radius 1 is 1.23 bits per heavy atom. The minimum absolute atomic E-state index is 0.135. The lowest BCUT2D eigenvalue weighted by atomic mass is 10.1. The van der Waals surface area contributed by atoms with Gasteiger partial charge < -0.3 is 14.6 Å². The molecule has 0 unspecified atom stereocenters. The summed E-state index contributed by atoms with van der Waals surface area (Å²) in [7, 11) is 0. The molecule has 1 fully saturated rings. The van der Waals surface area contributed by atoms with Crippen LogP contribution < -0.4 is 5.32 Å². The number of nitrogens with zero attached hydrogens (tertiary/aromatic N) is 5. The molecule has 2 amide bonds. The van der Waals surface area contributed by atoms with E-state index in [9.17, 15) is 14.0 Å². The van der Waals surface area contributed by atoms with Gasteiger partial charge in [0.2, 0.25) is 17.6 Å². The number of nitrogens with one attached hydrogen (secondary N) is 1. The first-order valence-corrected chi connectivity index (χ1v) is 12.2. The van der Waals surface area contributed by atoms with Crippen molar-refractivity contribution in [2.45, 2.75) is 77.0 Å². The lowest BCUT2D eigenvalue weighted by Crippen LogP contribution is -2.52. The topological polar surface area (TPSA) is 106 Å². The van der Waals surface area contributed by atoms with Crippen molar-refractivity contribution in [3.8, 4) is 11.4 Å². The van der Waals surface area contributed by atoms with Crippen LogP contribution in [0.15, 0.2) is 47.1 Å². The van der Waals surface area contributed by atoms with Crippen molar-refractivity contribution in [1.82, 2.24) is 30.4 Å². The zero-order chi connectivity index (χ0) is 24.6. The molecular weight excluding hydrogens is 451 g/mol. The molecule has 1 aliphatic carbocycles. The SMILES string of the molecule is CCCC[C@@H](C(=O)NC1CCCC1)N(Cc1ccco1)C(=O)Cn1nnc(-c2ccc(F)cc2)n1. The molecule has 1 N–H and O–H groups in total. The van der Waals surface area contributed by atoms with Crippen molar-refractivity contribution in [3.05, 3.63) is 54.2 Å². The van der Waals surface area contributed by atoms with Crippen molar-refractivity contribution < 1.29 is 18.4 Å².